The summed E-state index contributed by atoms with van der Waals surface area (Å²) in [6, 6.07) is 10.3. The molecule has 0 atom stereocenters. The van der Waals surface area contributed by atoms with Crippen molar-refractivity contribution in [2.75, 3.05) is 31.9 Å². The smallest absolute Gasteiger partial charge is 0.233 e. The molecule has 1 saturated carbocycles. The Morgan fingerprint density at radius 2 is 1.67 bits per heavy atom. The van der Waals surface area contributed by atoms with E-state index < -0.39 is 0 Å². The maximum Gasteiger partial charge on any atom is 0.233 e. The van der Waals surface area contributed by atoms with Gasteiger partial charge in [-0.25, -0.2) is 4.98 Å². The predicted octanol–water partition coefficient (Wildman–Crippen LogP) is 2.92. The van der Waals surface area contributed by atoms with Crippen LogP contribution < -0.4 is 0 Å². The topological polar surface area (TPSA) is 58.4 Å². The number of fused-ring (bicyclic) bond motifs is 1. The van der Waals surface area contributed by atoms with Crippen LogP contribution in [0.1, 0.15) is 37.1 Å². The van der Waals surface area contributed by atoms with Crippen LogP contribution in [0.4, 0.5) is 0 Å². The van der Waals surface area contributed by atoms with Crippen molar-refractivity contribution in [1.29, 1.82) is 0 Å². The molecule has 1 saturated heterocycles. The second-order valence-corrected chi connectivity index (χ2v) is 9.38. The zero-order chi connectivity index (χ0) is 20.5. The number of aromatic nitrogens is 2. The van der Waals surface area contributed by atoms with Gasteiger partial charge < -0.3 is 9.80 Å². The summed E-state index contributed by atoms with van der Waals surface area (Å²) in [6.45, 7) is 2.61. The second-order valence-electron chi connectivity index (χ2n) is 8.43. The number of aryl methyl sites for hydroxylation is 1. The molecule has 1 aromatic heterocycles. The lowest BCUT2D eigenvalue weighted by Gasteiger charge is -2.34. The molecule has 2 amide bonds. The number of hydrogen-bond acceptors (Lipinski definition) is 4. The molecular weight excluding hydrogens is 396 g/mol. The number of imidazole rings is 1. The van der Waals surface area contributed by atoms with Crippen LogP contribution in [0, 0.1) is 5.92 Å². The third-order valence-corrected chi connectivity index (χ3v) is 7.24. The zero-order valence-corrected chi connectivity index (χ0v) is 18.1. The van der Waals surface area contributed by atoms with E-state index in [1.165, 1.54) is 36.0 Å². The highest BCUT2D eigenvalue weighted by molar-refractivity contribution is 7.99. The minimum atomic E-state index is 0.138. The van der Waals surface area contributed by atoms with E-state index in [0.717, 1.165) is 36.5 Å². The van der Waals surface area contributed by atoms with Crippen LogP contribution in [-0.2, 0) is 22.4 Å². The average Bonchev–Trinajstić information content (AvgIpc) is 3.58. The van der Waals surface area contributed by atoms with Gasteiger partial charge in [0.15, 0.2) is 5.16 Å². The highest BCUT2D eigenvalue weighted by atomic mass is 32.2. The maximum absolute atomic E-state index is 12.8. The number of carbonyl (C=O) groups excluding carboxylic acids is 2. The molecule has 0 spiro atoms. The van der Waals surface area contributed by atoms with Gasteiger partial charge >= 0.3 is 0 Å². The first-order valence-electron chi connectivity index (χ1n) is 11.1. The van der Waals surface area contributed by atoms with Crippen LogP contribution in [-0.4, -0.2) is 63.1 Å². The number of thioether (sulfide) groups is 1. The summed E-state index contributed by atoms with van der Waals surface area (Å²) in [5.74, 6) is 1.07. The first-order valence-corrected chi connectivity index (χ1v) is 12.0. The Morgan fingerprint density at radius 3 is 2.40 bits per heavy atom. The van der Waals surface area contributed by atoms with Gasteiger partial charge in [-0.3, -0.25) is 14.2 Å². The van der Waals surface area contributed by atoms with Crippen LogP contribution in [0.5, 0.6) is 0 Å². The van der Waals surface area contributed by atoms with E-state index >= 15 is 0 Å². The number of para-hydroxylation sites is 1. The Bertz CT molecular complexity index is 930. The Labute approximate surface area is 181 Å². The molecule has 0 N–H and O–H groups in total. The van der Waals surface area contributed by atoms with E-state index in [4.69, 9.17) is 4.98 Å². The lowest BCUT2D eigenvalue weighted by atomic mass is 10.0. The zero-order valence-electron chi connectivity index (χ0n) is 17.3. The molecule has 1 aromatic carbocycles. The summed E-state index contributed by atoms with van der Waals surface area (Å²) < 4.78 is 2.25. The number of rotatable bonds is 5. The van der Waals surface area contributed by atoms with Gasteiger partial charge in [-0.15, -0.1) is 0 Å². The molecule has 2 heterocycles. The van der Waals surface area contributed by atoms with Crippen molar-refractivity contribution >= 4 is 23.6 Å². The Morgan fingerprint density at radius 1 is 0.967 bits per heavy atom. The van der Waals surface area contributed by atoms with Gasteiger partial charge in [-0.05, 0) is 50.7 Å². The van der Waals surface area contributed by atoms with Crippen molar-refractivity contribution < 1.29 is 9.59 Å². The molecule has 7 heteroatoms. The minimum absolute atomic E-state index is 0.138. The van der Waals surface area contributed by atoms with E-state index in [2.05, 4.69) is 16.7 Å². The fraction of sp³-hybridized carbons (Fsp3) is 0.522. The van der Waals surface area contributed by atoms with Gasteiger partial charge in [0.1, 0.15) is 0 Å². The quantitative estimate of drug-likeness (QED) is 0.693. The number of piperazine rings is 1. The Hall–Kier alpha value is -2.28. The first kappa shape index (κ1) is 19.7. The van der Waals surface area contributed by atoms with E-state index in [1.54, 1.807) is 0 Å². The van der Waals surface area contributed by atoms with Gasteiger partial charge in [0.05, 0.1) is 11.4 Å². The van der Waals surface area contributed by atoms with Crippen LogP contribution in [0.25, 0.3) is 5.69 Å². The molecule has 0 bridgehead atoms. The predicted molar refractivity (Wildman–Crippen MR) is 117 cm³/mol. The summed E-state index contributed by atoms with van der Waals surface area (Å²) in [4.78, 5) is 33.8. The van der Waals surface area contributed by atoms with Crippen LogP contribution in [0.2, 0.25) is 0 Å². The van der Waals surface area contributed by atoms with Crippen molar-refractivity contribution in [1.82, 2.24) is 19.4 Å². The standard InChI is InChI=1S/C23H28N4O2S/c28-21(25-12-14-26(15-13-25)22(29)17-10-11-17)16-30-23-24-19-8-4-5-9-20(19)27(23)18-6-2-1-3-7-18/h1-3,6-7,17H,4-5,8-16H2. The Kier molecular flexibility index (Phi) is 5.54. The molecule has 0 unspecified atom stereocenters. The molecule has 2 fully saturated rings. The van der Waals surface area contributed by atoms with Crippen molar-refractivity contribution in [3.05, 3.63) is 41.7 Å². The van der Waals surface area contributed by atoms with Crippen molar-refractivity contribution in [2.45, 2.75) is 43.7 Å². The van der Waals surface area contributed by atoms with Gasteiger partial charge in [0, 0.05) is 43.5 Å². The molecule has 2 aliphatic carbocycles. The van der Waals surface area contributed by atoms with Crippen LogP contribution >= 0.6 is 11.8 Å². The lowest BCUT2D eigenvalue weighted by Crippen LogP contribution is -2.51. The molecule has 2 aromatic rings. The fourth-order valence-electron chi connectivity index (χ4n) is 4.44. The van der Waals surface area contributed by atoms with Gasteiger partial charge in [0.25, 0.3) is 0 Å². The Balaban J connectivity index is 1.25. The van der Waals surface area contributed by atoms with E-state index in [1.807, 2.05) is 28.0 Å². The van der Waals surface area contributed by atoms with E-state index in [-0.39, 0.29) is 17.7 Å². The molecule has 5 rings (SSSR count). The number of carbonyl (C=O) groups is 2. The van der Waals surface area contributed by atoms with Crippen molar-refractivity contribution in [2.24, 2.45) is 5.92 Å². The minimum Gasteiger partial charge on any atom is -0.339 e. The molecule has 6 nitrogen and oxygen atoms in total. The van der Waals surface area contributed by atoms with Crippen molar-refractivity contribution in [3.63, 3.8) is 0 Å². The van der Waals surface area contributed by atoms with Crippen molar-refractivity contribution in [3.8, 4) is 5.69 Å². The summed E-state index contributed by atoms with van der Waals surface area (Å²) in [6.07, 6.45) is 6.51. The fourth-order valence-corrected chi connectivity index (χ4v) is 5.39. The monoisotopic (exact) mass is 424 g/mol. The lowest BCUT2D eigenvalue weighted by molar-refractivity contribution is -0.139. The number of benzene rings is 1. The molecule has 0 radical (unpaired) electrons. The second kappa shape index (κ2) is 8.46. The van der Waals surface area contributed by atoms with Gasteiger partial charge in [-0.1, -0.05) is 30.0 Å². The number of hydrogen-bond donors (Lipinski definition) is 0. The third kappa shape index (κ3) is 4.00. The summed E-state index contributed by atoms with van der Waals surface area (Å²) in [5, 5.41) is 0.920. The molecule has 158 valence electrons. The van der Waals surface area contributed by atoms with E-state index in [9.17, 15) is 9.59 Å². The maximum atomic E-state index is 12.8. The van der Waals surface area contributed by atoms with E-state index in [0.29, 0.717) is 31.9 Å². The normalized spacial score (nSPS) is 18.9. The summed E-state index contributed by atoms with van der Waals surface area (Å²) in [7, 11) is 0. The molecular formula is C23H28N4O2S. The highest BCUT2D eigenvalue weighted by Gasteiger charge is 2.35. The summed E-state index contributed by atoms with van der Waals surface area (Å²) in [5.41, 5.74) is 3.61. The van der Waals surface area contributed by atoms with Crippen LogP contribution in [0.15, 0.2) is 35.5 Å². The van der Waals surface area contributed by atoms with Gasteiger partial charge in [0.2, 0.25) is 11.8 Å². The number of amides is 2. The molecule has 1 aliphatic heterocycles. The first-order chi connectivity index (χ1) is 14.7. The number of nitrogens with zero attached hydrogens (tertiary/aromatic N) is 4. The average molecular weight is 425 g/mol. The van der Waals surface area contributed by atoms with Crippen LogP contribution in [0.3, 0.4) is 0 Å². The van der Waals surface area contributed by atoms with Gasteiger partial charge in [-0.2, -0.15) is 0 Å². The molecule has 30 heavy (non-hydrogen) atoms. The summed E-state index contributed by atoms with van der Waals surface area (Å²) >= 11 is 1.54. The third-order valence-electron chi connectivity index (χ3n) is 6.31. The SMILES string of the molecule is O=C(CSc1nc2c(n1-c1ccccc1)CCCC2)N1CCN(C(=O)C2CC2)CC1. The highest BCUT2D eigenvalue weighted by Crippen LogP contribution is 2.32. The largest absolute Gasteiger partial charge is 0.339 e. The molecule has 3 aliphatic rings.